The molecular weight excluding hydrogens is 284 g/mol. The molecule has 0 aromatic heterocycles. The standard InChI is InChI=1S/C13H21ClN2O2S/c1-4-7-13(2,3)16-19(17,18)12-6-5-10(9-15)8-11(12)14/h5-6,8,16H,4,7,9,15H2,1-3H3. The third-order valence-electron chi connectivity index (χ3n) is 2.81. The quantitative estimate of drug-likeness (QED) is 0.848. The van der Waals surface area contributed by atoms with E-state index < -0.39 is 15.6 Å². The molecule has 3 N–H and O–H groups in total. The number of sulfonamides is 1. The summed E-state index contributed by atoms with van der Waals surface area (Å²) in [5, 5.41) is 0.197. The van der Waals surface area contributed by atoms with Crippen molar-refractivity contribution >= 4 is 21.6 Å². The molecule has 0 spiro atoms. The molecule has 1 aromatic rings. The Balaban J connectivity index is 3.07. The van der Waals surface area contributed by atoms with Crippen LogP contribution in [-0.2, 0) is 16.6 Å². The van der Waals surface area contributed by atoms with E-state index in [0.717, 1.165) is 18.4 Å². The third-order valence-corrected chi connectivity index (χ3v) is 4.99. The van der Waals surface area contributed by atoms with Crippen molar-refractivity contribution in [2.45, 2.75) is 50.6 Å². The Labute approximate surface area is 120 Å². The molecule has 0 heterocycles. The van der Waals surface area contributed by atoms with E-state index in [1.165, 1.54) is 6.07 Å². The minimum absolute atomic E-state index is 0.0931. The van der Waals surface area contributed by atoms with Crippen LogP contribution >= 0.6 is 11.6 Å². The second kappa shape index (κ2) is 6.22. The van der Waals surface area contributed by atoms with Crippen LogP contribution in [-0.4, -0.2) is 14.0 Å². The zero-order valence-corrected chi connectivity index (χ0v) is 13.1. The number of benzene rings is 1. The Morgan fingerprint density at radius 2 is 2.00 bits per heavy atom. The van der Waals surface area contributed by atoms with Crippen LogP contribution in [0, 0.1) is 0 Å². The van der Waals surface area contributed by atoms with Crippen LogP contribution in [0.4, 0.5) is 0 Å². The lowest BCUT2D eigenvalue weighted by Crippen LogP contribution is -2.43. The first-order valence-electron chi connectivity index (χ1n) is 6.24. The zero-order valence-electron chi connectivity index (χ0n) is 11.5. The highest BCUT2D eigenvalue weighted by Gasteiger charge is 2.26. The highest BCUT2D eigenvalue weighted by atomic mass is 35.5. The van der Waals surface area contributed by atoms with E-state index >= 15 is 0 Å². The Hall–Kier alpha value is -0.620. The van der Waals surface area contributed by atoms with Crippen molar-refractivity contribution < 1.29 is 8.42 Å². The van der Waals surface area contributed by atoms with Gasteiger partial charge in [0.15, 0.2) is 0 Å². The summed E-state index contributed by atoms with van der Waals surface area (Å²) in [5.74, 6) is 0. The summed E-state index contributed by atoms with van der Waals surface area (Å²) in [7, 11) is -3.62. The maximum absolute atomic E-state index is 12.3. The van der Waals surface area contributed by atoms with E-state index in [-0.39, 0.29) is 9.92 Å². The summed E-state index contributed by atoms with van der Waals surface area (Å²) < 4.78 is 27.3. The summed E-state index contributed by atoms with van der Waals surface area (Å²) in [5.41, 5.74) is 5.80. The van der Waals surface area contributed by atoms with Crippen molar-refractivity contribution in [1.29, 1.82) is 0 Å². The lowest BCUT2D eigenvalue weighted by atomic mass is 10.0. The molecule has 0 saturated carbocycles. The smallest absolute Gasteiger partial charge is 0.242 e. The fourth-order valence-electron chi connectivity index (χ4n) is 1.98. The number of hydrogen-bond donors (Lipinski definition) is 2. The van der Waals surface area contributed by atoms with Gasteiger partial charge in [-0.25, -0.2) is 13.1 Å². The molecule has 4 nitrogen and oxygen atoms in total. The fraction of sp³-hybridized carbons (Fsp3) is 0.538. The van der Waals surface area contributed by atoms with E-state index in [0.29, 0.717) is 6.54 Å². The summed E-state index contributed by atoms with van der Waals surface area (Å²) in [4.78, 5) is 0.0931. The average molecular weight is 305 g/mol. The Bertz CT molecular complexity index is 542. The molecule has 108 valence electrons. The molecule has 0 fully saturated rings. The normalized spacial score (nSPS) is 12.7. The van der Waals surface area contributed by atoms with E-state index in [4.69, 9.17) is 17.3 Å². The van der Waals surface area contributed by atoms with Gasteiger partial charge in [-0.2, -0.15) is 0 Å². The lowest BCUT2D eigenvalue weighted by Gasteiger charge is -2.25. The van der Waals surface area contributed by atoms with Crippen molar-refractivity contribution in [3.63, 3.8) is 0 Å². The lowest BCUT2D eigenvalue weighted by molar-refractivity contribution is 0.418. The molecule has 0 unspecified atom stereocenters. The van der Waals surface area contributed by atoms with Gasteiger partial charge in [-0.1, -0.05) is 31.0 Å². The number of nitrogens with two attached hydrogens (primary N) is 1. The highest BCUT2D eigenvalue weighted by Crippen LogP contribution is 2.24. The molecule has 1 rings (SSSR count). The molecule has 0 amide bonds. The van der Waals surface area contributed by atoms with Gasteiger partial charge in [0.1, 0.15) is 4.90 Å². The van der Waals surface area contributed by atoms with Gasteiger partial charge < -0.3 is 5.73 Å². The van der Waals surface area contributed by atoms with Gasteiger partial charge in [-0.3, -0.25) is 0 Å². The Morgan fingerprint density at radius 1 is 1.37 bits per heavy atom. The van der Waals surface area contributed by atoms with Gasteiger partial charge in [0.2, 0.25) is 10.0 Å². The average Bonchev–Trinajstić information content (AvgIpc) is 2.26. The first kappa shape index (κ1) is 16.4. The predicted molar refractivity (Wildman–Crippen MR) is 78.7 cm³/mol. The predicted octanol–water partition coefficient (Wildman–Crippen LogP) is 2.66. The van der Waals surface area contributed by atoms with E-state index in [1.54, 1.807) is 12.1 Å². The van der Waals surface area contributed by atoms with Gasteiger partial charge in [-0.15, -0.1) is 0 Å². The molecule has 0 atom stereocenters. The van der Waals surface area contributed by atoms with Crippen molar-refractivity contribution in [2.24, 2.45) is 5.73 Å². The Morgan fingerprint density at radius 3 is 2.47 bits per heavy atom. The summed E-state index contributed by atoms with van der Waals surface area (Å²) in [6.07, 6.45) is 1.65. The van der Waals surface area contributed by atoms with Gasteiger partial charge in [0.25, 0.3) is 0 Å². The maximum Gasteiger partial charge on any atom is 0.242 e. The maximum atomic E-state index is 12.3. The molecule has 0 aliphatic heterocycles. The molecule has 0 saturated heterocycles. The van der Waals surface area contributed by atoms with Crippen LogP contribution in [0.1, 0.15) is 39.2 Å². The highest BCUT2D eigenvalue weighted by molar-refractivity contribution is 7.89. The van der Waals surface area contributed by atoms with Crippen LogP contribution in [0.15, 0.2) is 23.1 Å². The first-order valence-corrected chi connectivity index (χ1v) is 8.10. The van der Waals surface area contributed by atoms with Crippen LogP contribution in [0.25, 0.3) is 0 Å². The molecular formula is C13H21ClN2O2S. The van der Waals surface area contributed by atoms with Crippen molar-refractivity contribution in [3.8, 4) is 0 Å². The van der Waals surface area contributed by atoms with Gasteiger partial charge >= 0.3 is 0 Å². The fourth-order valence-corrected chi connectivity index (χ4v) is 3.99. The monoisotopic (exact) mass is 304 g/mol. The second-order valence-corrected chi connectivity index (χ2v) is 7.27. The number of halogens is 1. The minimum Gasteiger partial charge on any atom is -0.326 e. The van der Waals surface area contributed by atoms with E-state index in [9.17, 15) is 8.42 Å². The summed E-state index contributed by atoms with van der Waals surface area (Å²) >= 11 is 6.02. The third kappa shape index (κ3) is 4.45. The molecule has 0 bridgehead atoms. The van der Waals surface area contributed by atoms with Gasteiger partial charge in [0, 0.05) is 12.1 Å². The topological polar surface area (TPSA) is 72.2 Å². The van der Waals surface area contributed by atoms with Crippen molar-refractivity contribution in [1.82, 2.24) is 4.72 Å². The first-order chi connectivity index (χ1) is 8.72. The molecule has 0 aliphatic carbocycles. The molecule has 1 aromatic carbocycles. The molecule has 0 radical (unpaired) electrons. The number of hydrogen-bond acceptors (Lipinski definition) is 3. The van der Waals surface area contributed by atoms with Crippen LogP contribution < -0.4 is 10.5 Å². The van der Waals surface area contributed by atoms with E-state index in [1.807, 2.05) is 20.8 Å². The van der Waals surface area contributed by atoms with Crippen LogP contribution in [0.2, 0.25) is 5.02 Å². The summed E-state index contributed by atoms with van der Waals surface area (Å²) in [6, 6.07) is 4.76. The molecule has 0 aliphatic rings. The number of rotatable bonds is 6. The zero-order chi connectivity index (χ0) is 14.7. The van der Waals surface area contributed by atoms with Gasteiger partial charge in [0.05, 0.1) is 5.02 Å². The number of nitrogens with one attached hydrogen (secondary N) is 1. The van der Waals surface area contributed by atoms with Crippen LogP contribution in [0.3, 0.4) is 0 Å². The van der Waals surface area contributed by atoms with Crippen molar-refractivity contribution in [3.05, 3.63) is 28.8 Å². The van der Waals surface area contributed by atoms with Crippen LogP contribution in [0.5, 0.6) is 0 Å². The molecule has 6 heteroatoms. The van der Waals surface area contributed by atoms with Gasteiger partial charge in [-0.05, 0) is 38.0 Å². The SMILES string of the molecule is CCCC(C)(C)NS(=O)(=O)c1ccc(CN)cc1Cl. The second-order valence-electron chi connectivity index (χ2n) is 5.21. The Kier molecular flexibility index (Phi) is 5.38. The van der Waals surface area contributed by atoms with Crippen molar-refractivity contribution in [2.75, 3.05) is 0 Å². The summed E-state index contributed by atoms with van der Waals surface area (Å²) in [6.45, 7) is 6.06. The minimum atomic E-state index is -3.62. The molecule has 19 heavy (non-hydrogen) atoms. The van der Waals surface area contributed by atoms with E-state index in [2.05, 4.69) is 4.72 Å². The largest absolute Gasteiger partial charge is 0.326 e.